The van der Waals surface area contributed by atoms with Gasteiger partial charge in [0.1, 0.15) is 0 Å². The van der Waals surface area contributed by atoms with E-state index in [-0.39, 0.29) is 18.5 Å². The zero-order chi connectivity index (χ0) is 50.0. The van der Waals surface area contributed by atoms with E-state index in [1.165, 1.54) is 238 Å². The Bertz CT molecular complexity index is 1120. The summed E-state index contributed by atoms with van der Waals surface area (Å²) in [7, 11) is 0. The molecule has 0 saturated carbocycles. The highest BCUT2D eigenvalue weighted by Gasteiger charge is 2.18. The van der Waals surface area contributed by atoms with Crippen LogP contribution in [0, 0.1) is 0 Å². The summed E-state index contributed by atoms with van der Waals surface area (Å²) < 4.78 is 5.45. The molecule has 0 rings (SSSR count). The van der Waals surface area contributed by atoms with Crippen LogP contribution in [-0.2, 0) is 14.3 Å². The fraction of sp³-hybridized carbons (Fsp3) is 0.873. The first kappa shape index (κ1) is 67.1. The molecule has 3 N–H and O–H groups in total. The quantitative estimate of drug-likeness (QED) is 0.0321. The second-order valence-electron chi connectivity index (χ2n) is 21.0. The van der Waals surface area contributed by atoms with Gasteiger partial charge in [-0.25, -0.2) is 0 Å². The Morgan fingerprint density at radius 2 is 0.681 bits per heavy atom. The van der Waals surface area contributed by atoms with E-state index in [9.17, 15) is 19.8 Å². The number of hydrogen-bond acceptors (Lipinski definition) is 5. The van der Waals surface area contributed by atoms with E-state index < -0.39 is 12.1 Å². The molecule has 406 valence electrons. The Morgan fingerprint density at radius 3 is 1.06 bits per heavy atom. The van der Waals surface area contributed by atoms with Crippen molar-refractivity contribution in [1.29, 1.82) is 0 Å². The molecule has 0 aromatic carbocycles. The summed E-state index contributed by atoms with van der Waals surface area (Å²) >= 11 is 0. The summed E-state index contributed by atoms with van der Waals surface area (Å²) in [6, 6.07) is -0.642. The summed E-state index contributed by atoms with van der Waals surface area (Å²) in [4.78, 5) is 24.5. The number of carbonyl (C=O) groups excluding carboxylic acids is 2. The molecule has 2 unspecified atom stereocenters. The maximum atomic E-state index is 12.5. The Labute approximate surface area is 430 Å². The number of carbonyl (C=O) groups is 2. The van der Waals surface area contributed by atoms with E-state index in [1.807, 2.05) is 6.08 Å². The van der Waals surface area contributed by atoms with Crippen LogP contribution >= 0.6 is 0 Å². The van der Waals surface area contributed by atoms with Gasteiger partial charge in [0, 0.05) is 12.8 Å². The number of allylic oxidation sites excluding steroid dienone is 5. The lowest BCUT2D eigenvalue weighted by atomic mass is 10.0. The summed E-state index contributed by atoms with van der Waals surface area (Å²) in [5.41, 5.74) is 0. The van der Waals surface area contributed by atoms with E-state index in [4.69, 9.17) is 4.74 Å². The minimum Gasteiger partial charge on any atom is -0.466 e. The minimum atomic E-state index is -0.857. The lowest BCUT2D eigenvalue weighted by Crippen LogP contribution is -2.45. The lowest BCUT2D eigenvalue weighted by Gasteiger charge is -2.20. The van der Waals surface area contributed by atoms with Crippen LogP contribution in [0.25, 0.3) is 0 Å². The molecule has 0 aromatic rings. The topological polar surface area (TPSA) is 95.9 Å². The Balaban J connectivity index is 3.50. The van der Waals surface area contributed by atoms with Gasteiger partial charge in [-0.05, 0) is 83.5 Å². The third kappa shape index (κ3) is 55.2. The highest BCUT2D eigenvalue weighted by atomic mass is 16.5. The molecule has 0 bridgehead atoms. The number of ether oxygens (including phenoxy) is 1. The fourth-order valence-corrected chi connectivity index (χ4v) is 9.39. The lowest BCUT2D eigenvalue weighted by molar-refractivity contribution is -0.143. The zero-order valence-electron chi connectivity index (χ0n) is 46.3. The van der Waals surface area contributed by atoms with Crippen LogP contribution in [0.15, 0.2) is 36.5 Å². The Morgan fingerprint density at radius 1 is 0.391 bits per heavy atom. The fourth-order valence-electron chi connectivity index (χ4n) is 9.39. The Hall–Kier alpha value is -1.92. The summed E-state index contributed by atoms with van der Waals surface area (Å²) in [5, 5.41) is 23.2. The number of esters is 1. The van der Waals surface area contributed by atoms with Gasteiger partial charge in [0.05, 0.1) is 25.4 Å². The van der Waals surface area contributed by atoms with Gasteiger partial charge in [0.15, 0.2) is 0 Å². The molecular weight excluding hydrogens is 851 g/mol. The molecule has 0 radical (unpaired) electrons. The molecule has 0 spiro atoms. The summed E-state index contributed by atoms with van der Waals surface area (Å²) in [6.45, 7) is 4.87. The molecule has 0 aliphatic carbocycles. The van der Waals surface area contributed by atoms with Crippen LogP contribution < -0.4 is 5.32 Å². The Kier molecular flexibility index (Phi) is 57.0. The first-order chi connectivity index (χ1) is 34.0. The second kappa shape index (κ2) is 58.6. The largest absolute Gasteiger partial charge is 0.466 e. The van der Waals surface area contributed by atoms with Gasteiger partial charge in [-0.15, -0.1) is 0 Å². The van der Waals surface area contributed by atoms with E-state index in [2.05, 4.69) is 43.5 Å². The monoisotopic (exact) mass is 970 g/mol. The molecular formula is C63H119NO5. The molecule has 0 aliphatic rings. The van der Waals surface area contributed by atoms with Gasteiger partial charge < -0.3 is 20.3 Å². The van der Waals surface area contributed by atoms with Crippen molar-refractivity contribution in [3.8, 4) is 0 Å². The molecule has 6 nitrogen and oxygen atoms in total. The third-order valence-corrected chi connectivity index (χ3v) is 14.1. The van der Waals surface area contributed by atoms with E-state index in [0.717, 1.165) is 64.2 Å². The highest BCUT2D eigenvalue weighted by molar-refractivity contribution is 5.76. The molecule has 69 heavy (non-hydrogen) atoms. The van der Waals surface area contributed by atoms with E-state index in [1.54, 1.807) is 6.08 Å². The molecule has 0 aromatic heterocycles. The van der Waals surface area contributed by atoms with E-state index in [0.29, 0.717) is 19.4 Å². The maximum Gasteiger partial charge on any atom is 0.305 e. The van der Waals surface area contributed by atoms with Gasteiger partial charge in [-0.1, -0.05) is 269 Å². The predicted octanol–water partition coefficient (Wildman–Crippen LogP) is 19.2. The third-order valence-electron chi connectivity index (χ3n) is 14.1. The average Bonchev–Trinajstić information content (AvgIpc) is 3.35. The molecule has 0 aliphatic heterocycles. The number of amides is 1. The maximum absolute atomic E-state index is 12.5. The number of nitrogens with one attached hydrogen (secondary N) is 1. The number of aliphatic hydroxyl groups excluding tert-OH is 2. The van der Waals surface area contributed by atoms with Gasteiger partial charge in [-0.2, -0.15) is 0 Å². The highest BCUT2D eigenvalue weighted by Crippen LogP contribution is 2.17. The standard InChI is InChI=1S/C63H119NO5/c1-3-5-7-9-11-13-15-17-18-19-20-21-22-23-24-25-26-29-32-35-39-43-47-51-55-61(66)60(59-65)64-62(67)56-52-48-44-40-36-33-30-27-28-31-34-38-42-46-50-54-58-69-63(68)57-53-49-45-41-37-16-14-12-10-8-6-4-2/h12,14,27,30,51,55,60-61,65-66H,3-11,13,15-26,28-29,31-50,52-54,56-59H2,1-2H3,(H,64,67)/b14-12-,30-27-,55-51+. The van der Waals surface area contributed by atoms with Crippen molar-refractivity contribution in [3.05, 3.63) is 36.5 Å². The molecule has 1 amide bonds. The summed E-state index contributed by atoms with van der Waals surface area (Å²) in [6.07, 6.45) is 73.2. The predicted molar refractivity (Wildman–Crippen MR) is 301 cm³/mol. The number of hydrogen-bond donors (Lipinski definition) is 3. The number of aliphatic hydroxyl groups is 2. The van der Waals surface area contributed by atoms with Crippen molar-refractivity contribution in [2.24, 2.45) is 0 Å². The summed E-state index contributed by atoms with van der Waals surface area (Å²) in [5.74, 6) is -0.0965. The van der Waals surface area contributed by atoms with Crippen LogP contribution in [0.1, 0.15) is 328 Å². The van der Waals surface area contributed by atoms with Crippen molar-refractivity contribution in [2.45, 2.75) is 341 Å². The first-order valence-corrected chi connectivity index (χ1v) is 30.8. The van der Waals surface area contributed by atoms with Gasteiger partial charge in [-0.3, -0.25) is 9.59 Å². The first-order valence-electron chi connectivity index (χ1n) is 30.8. The zero-order valence-corrected chi connectivity index (χ0v) is 46.3. The molecule has 0 saturated heterocycles. The smallest absolute Gasteiger partial charge is 0.305 e. The van der Waals surface area contributed by atoms with Crippen molar-refractivity contribution >= 4 is 11.9 Å². The van der Waals surface area contributed by atoms with Gasteiger partial charge in [0.25, 0.3) is 0 Å². The molecule has 2 atom stereocenters. The van der Waals surface area contributed by atoms with Crippen LogP contribution in [0.5, 0.6) is 0 Å². The van der Waals surface area contributed by atoms with Crippen LogP contribution in [0.4, 0.5) is 0 Å². The number of unbranched alkanes of at least 4 members (excludes halogenated alkanes) is 42. The minimum absolute atomic E-state index is 0.0137. The normalized spacial score (nSPS) is 12.8. The number of rotatable bonds is 57. The van der Waals surface area contributed by atoms with Crippen molar-refractivity contribution in [1.82, 2.24) is 5.32 Å². The molecule has 0 fully saturated rings. The molecule has 0 heterocycles. The van der Waals surface area contributed by atoms with Crippen molar-refractivity contribution < 1.29 is 24.5 Å². The molecule has 6 heteroatoms. The average molecular weight is 971 g/mol. The second-order valence-corrected chi connectivity index (χ2v) is 21.0. The van der Waals surface area contributed by atoms with Crippen LogP contribution in [0.2, 0.25) is 0 Å². The van der Waals surface area contributed by atoms with Crippen molar-refractivity contribution in [2.75, 3.05) is 13.2 Å². The van der Waals surface area contributed by atoms with Gasteiger partial charge >= 0.3 is 5.97 Å². The van der Waals surface area contributed by atoms with Crippen molar-refractivity contribution in [3.63, 3.8) is 0 Å². The van der Waals surface area contributed by atoms with Crippen LogP contribution in [-0.4, -0.2) is 47.4 Å². The van der Waals surface area contributed by atoms with Gasteiger partial charge in [0.2, 0.25) is 5.91 Å². The SMILES string of the molecule is CCCCC/C=C\CCCCCCCC(=O)OCCCCCCCCC/C=C\CCCCCCCC(=O)NC(CO)C(O)/C=C/CCCCCCCCCCCCCCCCCCCCCCCC. The van der Waals surface area contributed by atoms with E-state index >= 15 is 0 Å². The van der Waals surface area contributed by atoms with Crippen LogP contribution in [0.3, 0.4) is 0 Å².